The normalized spacial score (nSPS) is 15.3. The number of nitrogens with zero attached hydrogens (tertiary/aromatic N) is 5. The Morgan fingerprint density at radius 3 is 2.27 bits per heavy atom. The summed E-state index contributed by atoms with van der Waals surface area (Å²) in [7, 11) is 3.18. The van der Waals surface area contributed by atoms with E-state index >= 15 is 0 Å². The molecular formula is C31H30F3N5O4S. The molecule has 2 heterocycles. The highest BCUT2D eigenvalue weighted by Gasteiger charge is 2.33. The molecule has 1 unspecified atom stereocenters. The zero-order valence-electron chi connectivity index (χ0n) is 24.2. The summed E-state index contributed by atoms with van der Waals surface area (Å²) in [6.07, 6.45) is -4.47. The predicted octanol–water partition coefficient (Wildman–Crippen LogP) is 5.44. The number of piperazine rings is 1. The summed E-state index contributed by atoms with van der Waals surface area (Å²) in [6, 6.07) is 18.7. The lowest BCUT2D eigenvalue weighted by atomic mass is 10.1. The Balaban J connectivity index is 1.28. The zero-order chi connectivity index (χ0) is 31.4. The molecule has 0 radical (unpaired) electrons. The third kappa shape index (κ3) is 6.67. The van der Waals surface area contributed by atoms with Crippen LogP contribution in [0.4, 0.5) is 13.2 Å². The van der Waals surface area contributed by atoms with Gasteiger partial charge >= 0.3 is 6.18 Å². The number of carbonyl (C=O) groups excluding carboxylic acids is 2. The van der Waals surface area contributed by atoms with Crippen LogP contribution in [0.25, 0.3) is 17.1 Å². The fourth-order valence-corrected chi connectivity index (χ4v) is 5.80. The van der Waals surface area contributed by atoms with Crippen molar-refractivity contribution < 1.29 is 32.2 Å². The minimum absolute atomic E-state index is 0.0893. The predicted molar refractivity (Wildman–Crippen MR) is 159 cm³/mol. The molecule has 1 aromatic heterocycles. The van der Waals surface area contributed by atoms with Crippen LogP contribution in [0.3, 0.4) is 0 Å². The second-order valence-electron chi connectivity index (χ2n) is 10.1. The number of aromatic nitrogens is 3. The summed E-state index contributed by atoms with van der Waals surface area (Å²) < 4.78 is 51.3. The maximum Gasteiger partial charge on any atom is 0.416 e. The van der Waals surface area contributed by atoms with Crippen LogP contribution in [0.2, 0.25) is 0 Å². The molecule has 0 spiro atoms. The molecule has 2 amide bonds. The summed E-state index contributed by atoms with van der Waals surface area (Å²) in [5, 5.41) is 9.35. The van der Waals surface area contributed by atoms with Crippen LogP contribution >= 0.6 is 11.8 Å². The third-order valence-corrected chi connectivity index (χ3v) is 8.23. The second kappa shape index (κ2) is 13.0. The van der Waals surface area contributed by atoms with E-state index in [-0.39, 0.29) is 35.7 Å². The first-order valence-electron chi connectivity index (χ1n) is 13.7. The monoisotopic (exact) mass is 625 g/mol. The van der Waals surface area contributed by atoms with Gasteiger partial charge < -0.3 is 19.3 Å². The molecule has 0 aliphatic carbocycles. The van der Waals surface area contributed by atoms with Crippen LogP contribution in [-0.2, 0) is 11.0 Å². The Labute approximate surface area is 256 Å². The fraction of sp³-hybridized carbons (Fsp3) is 0.290. The van der Waals surface area contributed by atoms with Gasteiger partial charge in [0.15, 0.2) is 11.0 Å². The highest BCUT2D eigenvalue weighted by Crippen LogP contribution is 2.32. The number of carbonyl (C=O) groups is 2. The largest absolute Gasteiger partial charge is 0.497 e. The molecule has 1 fully saturated rings. The molecule has 1 saturated heterocycles. The first-order valence-corrected chi connectivity index (χ1v) is 14.7. The van der Waals surface area contributed by atoms with Crippen molar-refractivity contribution in [2.24, 2.45) is 0 Å². The number of alkyl halides is 3. The molecule has 3 aromatic carbocycles. The third-order valence-electron chi connectivity index (χ3n) is 7.32. The van der Waals surface area contributed by atoms with Crippen LogP contribution in [0.5, 0.6) is 11.5 Å². The van der Waals surface area contributed by atoms with Gasteiger partial charge in [-0.15, -0.1) is 10.2 Å². The van der Waals surface area contributed by atoms with Crippen molar-refractivity contribution in [1.82, 2.24) is 24.6 Å². The minimum atomic E-state index is -4.47. The number of hydrogen-bond acceptors (Lipinski definition) is 7. The smallest absolute Gasteiger partial charge is 0.416 e. The van der Waals surface area contributed by atoms with Gasteiger partial charge in [-0.3, -0.25) is 14.2 Å². The SMILES string of the molecule is COc1ccc(-n2c(SCC(=O)N3CCN(C(=O)c4ccc(C(F)(F)F)cc4)C(C)C3)nnc2-c2cccc(OC)c2)cc1. The number of halogens is 3. The summed E-state index contributed by atoms with van der Waals surface area (Å²) in [6.45, 7) is 2.68. The maximum absolute atomic E-state index is 13.3. The van der Waals surface area contributed by atoms with Gasteiger partial charge in [0.25, 0.3) is 5.91 Å². The van der Waals surface area contributed by atoms with Crippen molar-refractivity contribution in [1.29, 1.82) is 0 Å². The van der Waals surface area contributed by atoms with Crippen molar-refractivity contribution in [3.05, 3.63) is 83.9 Å². The average molecular weight is 626 g/mol. The quantitative estimate of drug-likeness (QED) is 0.241. The Morgan fingerprint density at radius 2 is 1.64 bits per heavy atom. The van der Waals surface area contributed by atoms with Gasteiger partial charge in [0.05, 0.1) is 25.5 Å². The van der Waals surface area contributed by atoms with E-state index in [4.69, 9.17) is 9.47 Å². The first kappa shape index (κ1) is 30.9. The van der Waals surface area contributed by atoms with E-state index in [1.54, 1.807) is 24.0 Å². The van der Waals surface area contributed by atoms with Crippen molar-refractivity contribution >= 4 is 23.6 Å². The molecule has 0 N–H and O–H groups in total. The molecule has 13 heteroatoms. The van der Waals surface area contributed by atoms with Gasteiger partial charge in [-0.05, 0) is 67.6 Å². The molecule has 4 aromatic rings. The van der Waals surface area contributed by atoms with Gasteiger partial charge in [-0.1, -0.05) is 23.9 Å². The van der Waals surface area contributed by atoms with E-state index in [1.165, 1.54) is 23.9 Å². The maximum atomic E-state index is 13.3. The first-order chi connectivity index (χ1) is 21.1. The summed E-state index contributed by atoms with van der Waals surface area (Å²) in [5.74, 6) is 1.53. The van der Waals surface area contributed by atoms with E-state index in [9.17, 15) is 22.8 Å². The lowest BCUT2D eigenvalue weighted by Crippen LogP contribution is -2.55. The number of hydrogen-bond donors (Lipinski definition) is 0. The van der Waals surface area contributed by atoms with Gasteiger partial charge in [0.2, 0.25) is 5.91 Å². The number of ether oxygens (including phenoxy) is 2. The molecule has 0 bridgehead atoms. The van der Waals surface area contributed by atoms with E-state index in [0.29, 0.717) is 35.6 Å². The Kier molecular flexibility index (Phi) is 9.14. The molecule has 5 rings (SSSR count). The molecule has 1 aliphatic rings. The standard InChI is InChI=1S/C31H30F3N5O4S/c1-20-18-37(15-16-38(20)29(41)21-7-9-23(10-8-21)31(32,33)34)27(40)19-44-30-36-35-28(22-5-4-6-26(17-22)43-3)39(30)24-11-13-25(42-2)14-12-24/h4-14,17,20H,15-16,18-19H2,1-3H3. The number of methoxy groups -OCH3 is 2. The Morgan fingerprint density at radius 1 is 0.932 bits per heavy atom. The van der Waals surface area contributed by atoms with Crippen LogP contribution in [0.1, 0.15) is 22.8 Å². The number of rotatable bonds is 8. The molecule has 9 nitrogen and oxygen atoms in total. The zero-order valence-corrected chi connectivity index (χ0v) is 25.1. The topological polar surface area (TPSA) is 89.8 Å². The molecule has 230 valence electrons. The highest BCUT2D eigenvalue weighted by atomic mass is 32.2. The van der Waals surface area contributed by atoms with Crippen LogP contribution in [0, 0.1) is 0 Å². The van der Waals surface area contributed by atoms with Crippen molar-refractivity contribution in [3.8, 4) is 28.6 Å². The Hall–Kier alpha value is -4.52. The van der Waals surface area contributed by atoms with Crippen molar-refractivity contribution in [2.75, 3.05) is 39.6 Å². The van der Waals surface area contributed by atoms with Gasteiger partial charge in [0, 0.05) is 42.5 Å². The van der Waals surface area contributed by atoms with Crippen molar-refractivity contribution in [2.45, 2.75) is 24.3 Å². The minimum Gasteiger partial charge on any atom is -0.497 e. The molecule has 0 saturated carbocycles. The van der Waals surface area contributed by atoms with E-state index in [0.717, 1.165) is 23.4 Å². The van der Waals surface area contributed by atoms with Crippen molar-refractivity contribution in [3.63, 3.8) is 0 Å². The second-order valence-corrected chi connectivity index (χ2v) is 11.1. The van der Waals surface area contributed by atoms with Crippen LogP contribution in [-0.4, -0.2) is 82.0 Å². The fourth-order valence-electron chi connectivity index (χ4n) is 4.95. The Bertz CT molecular complexity index is 1630. The van der Waals surface area contributed by atoms with E-state index in [1.807, 2.05) is 60.0 Å². The number of thioether (sulfide) groups is 1. The van der Waals surface area contributed by atoms with Gasteiger partial charge in [-0.25, -0.2) is 0 Å². The highest BCUT2D eigenvalue weighted by molar-refractivity contribution is 7.99. The summed E-state index contributed by atoms with van der Waals surface area (Å²) in [5.41, 5.74) is 0.930. The van der Waals surface area contributed by atoms with Crippen LogP contribution < -0.4 is 9.47 Å². The molecular weight excluding hydrogens is 595 g/mol. The summed E-state index contributed by atoms with van der Waals surface area (Å²) in [4.78, 5) is 29.6. The summed E-state index contributed by atoms with van der Waals surface area (Å²) >= 11 is 1.25. The molecule has 1 aliphatic heterocycles. The lowest BCUT2D eigenvalue weighted by Gasteiger charge is -2.40. The van der Waals surface area contributed by atoms with E-state index < -0.39 is 11.7 Å². The number of benzene rings is 3. The lowest BCUT2D eigenvalue weighted by molar-refractivity contribution is -0.137. The van der Waals surface area contributed by atoms with E-state index in [2.05, 4.69) is 10.2 Å². The molecule has 44 heavy (non-hydrogen) atoms. The number of amides is 2. The molecule has 1 atom stereocenters. The van der Waals surface area contributed by atoms with Gasteiger partial charge in [0.1, 0.15) is 11.5 Å². The van der Waals surface area contributed by atoms with Crippen LogP contribution in [0.15, 0.2) is 78.0 Å². The van der Waals surface area contributed by atoms with Gasteiger partial charge in [-0.2, -0.15) is 13.2 Å². The average Bonchev–Trinajstić information content (AvgIpc) is 3.47.